The molecule has 0 aliphatic carbocycles. The minimum atomic E-state index is 0.645. The zero-order valence-corrected chi connectivity index (χ0v) is 18.1. The predicted molar refractivity (Wildman–Crippen MR) is 119 cm³/mol. The number of amidine groups is 1. The van der Waals surface area contributed by atoms with Crippen LogP contribution in [0.25, 0.3) is 0 Å². The number of aromatic nitrogens is 1. The van der Waals surface area contributed by atoms with E-state index in [0.717, 1.165) is 37.2 Å². The maximum Gasteiger partial charge on any atom is 0.132 e. The molecular formula is C24H37N3. The summed E-state index contributed by atoms with van der Waals surface area (Å²) < 4.78 is 0. The molecule has 0 unspecified atom stereocenters. The highest BCUT2D eigenvalue weighted by atomic mass is 15.0. The topological polar surface area (TPSA) is 37.3 Å². The Bertz CT molecular complexity index is 675. The van der Waals surface area contributed by atoms with Gasteiger partial charge in [0, 0.05) is 23.7 Å². The molecule has 0 radical (unpaired) electrons. The van der Waals surface area contributed by atoms with Crippen molar-refractivity contribution in [3.63, 3.8) is 0 Å². The van der Waals surface area contributed by atoms with Crippen molar-refractivity contribution in [2.75, 3.05) is 0 Å². The van der Waals surface area contributed by atoms with Gasteiger partial charge in [-0.25, -0.2) is 0 Å². The first kappa shape index (κ1) is 22.9. The Morgan fingerprint density at radius 3 is 2.33 bits per heavy atom. The van der Waals surface area contributed by atoms with Crippen LogP contribution in [-0.4, -0.2) is 10.8 Å². The second kappa shape index (κ2) is 13.1. The number of aliphatic imine (C=N–C) groups is 1. The van der Waals surface area contributed by atoms with E-state index >= 15 is 0 Å². The lowest BCUT2D eigenvalue weighted by atomic mass is 10.0. The molecule has 3 nitrogen and oxygen atoms in total. The summed E-state index contributed by atoms with van der Waals surface area (Å²) in [6.07, 6.45) is 13.8. The molecule has 0 amide bonds. The van der Waals surface area contributed by atoms with Crippen LogP contribution < -0.4 is 5.32 Å². The van der Waals surface area contributed by atoms with Gasteiger partial charge in [-0.05, 0) is 57.7 Å². The number of nitrogens with one attached hydrogen (secondary N) is 1. The largest absolute Gasteiger partial charge is 0.344 e. The fraction of sp³-hybridized carbons (Fsp3) is 0.500. The summed E-state index contributed by atoms with van der Waals surface area (Å²) in [4.78, 5) is 9.04. The Labute approximate surface area is 166 Å². The Kier molecular flexibility index (Phi) is 11.1. The van der Waals surface area contributed by atoms with Crippen LogP contribution in [0.1, 0.15) is 79.2 Å². The van der Waals surface area contributed by atoms with Crippen LogP contribution in [-0.2, 0) is 6.54 Å². The van der Waals surface area contributed by atoms with Gasteiger partial charge in [0.15, 0.2) is 0 Å². The van der Waals surface area contributed by atoms with Gasteiger partial charge in [0.2, 0.25) is 0 Å². The molecule has 3 heteroatoms. The first-order valence-electron chi connectivity index (χ1n) is 10.3. The van der Waals surface area contributed by atoms with E-state index in [-0.39, 0.29) is 0 Å². The molecule has 0 aliphatic heterocycles. The average molecular weight is 368 g/mol. The van der Waals surface area contributed by atoms with Crippen molar-refractivity contribution in [2.45, 2.75) is 80.2 Å². The van der Waals surface area contributed by atoms with Crippen molar-refractivity contribution in [2.24, 2.45) is 4.99 Å². The summed E-state index contributed by atoms with van der Waals surface area (Å²) in [7, 11) is 0. The normalized spacial score (nSPS) is 12.9. The third-order valence-corrected chi connectivity index (χ3v) is 4.39. The van der Waals surface area contributed by atoms with Crippen molar-refractivity contribution in [1.82, 2.24) is 10.3 Å². The number of unbranched alkanes of at least 4 members (excludes halogenated alkanes) is 1. The van der Waals surface area contributed by atoms with E-state index < -0.39 is 0 Å². The van der Waals surface area contributed by atoms with Gasteiger partial charge in [-0.2, -0.15) is 0 Å². The van der Waals surface area contributed by atoms with Crippen molar-refractivity contribution in [3.8, 4) is 0 Å². The molecule has 0 spiro atoms. The standard InChI is InChI=1S/C24H37N3/c1-7-10-12-20(6)27-24(26-18-22-13-15-25-16-14-22)23(19(4)5)17-21(9-3)11-8-2/h12-17H,7-11,18H2,1-6H3,(H,26,27)/b20-12+,21-17-. The Morgan fingerprint density at radius 2 is 1.78 bits per heavy atom. The first-order chi connectivity index (χ1) is 13.0. The molecule has 0 saturated heterocycles. The van der Waals surface area contributed by atoms with E-state index in [1.54, 1.807) is 0 Å². The maximum atomic E-state index is 4.95. The molecular weight excluding hydrogens is 330 g/mol. The Morgan fingerprint density at radius 1 is 1.07 bits per heavy atom. The molecule has 0 fully saturated rings. The van der Waals surface area contributed by atoms with Gasteiger partial charge in [-0.15, -0.1) is 0 Å². The van der Waals surface area contributed by atoms with Gasteiger partial charge in [0.1, 0.15) is 5.84 Å². The van der Waals surface area contributed by atoms with Crippen molar-refractivity contribution >= 4 is 5.84 Å². The number of nitrogens with zero attached hydrogens (tertiary/aromatic N) is 2. The Balaban J connectivity index is 3.24. The number of hydrogen-bond acceptors (Lipinski definition) is 2. The van der Waals surface area contributed by atoms with E-state index in [1.165, 1.54) is 28.7 Å². The van der Waals surface area contributed by atoms with Crippen LogP contribution in [0, 0.1) is 0 Å². The molecule has 148 valence electrons. The smallest absolute Gasteiger partial charge is 0.132 e. The van der Waals surface area contributed by atoms with Crippen LogP contribution in [0.5, 0.6) is 0 Å². The summed E-state index contributed by atoms with van der Waals surface area (Å²) in [6.45, 7) is 13.8. The quantitative estimate of drug-likeness (QED) is 0.282. The lowest BCUT2D eigenvalue weighted by Crippen LogP contribution is -2.24. The molecule has 1 heterocycles. The molecule has 1 aromatic rings. The molecule has 1 N–H and O–H groups in total. The summed E-state index contributed by atoms with van der Waals surface area (Å²) in [5.74, 6) is 0.957. The molecule has 0 saturated carbocycles. The van der Waals surface area contributed by atoms with Gasteiger partial charge in [-0.1, -0.05) is 56.9 Å². The van der Waals surface area contributed by atoms with Gasteiger partial charge in [-0.3, -0.25) is 9.98 Å². The summed E-state index contributed by atoms with van der Waals surface area (Å²) in [6, 6.07) is 4.04. The minimum Gasteiger partial charge on any atom is -0.344 e. The monoisotopic (exact) mass is 367 g/mol. The fourth-order valence-electron chi connectivity index (χ4n) is 2.77. The van der Waals surface area contributed by atoms with Crippen molar-refractivity contribution in [3.05, 3.63) is 64.7 Å². The number of hydrogen-bond donors (Lipinski definition) is 1. The third-order valence-electron chi connectivity index (χ3n) is 4.39. The molecule has 1 rings (SSSR count). The predicted octanol–water partition coefficient (Wildman–Crippen LogP) is 6.75. The number of pyridine rings is 1. The highest BCUT2D eigenvalue weighted by molar-refractivity contribution is 6.02. The van der Waals surface area contributed by atoms with E-state index in [1.807, 2.05) is 24.5 Å². The van der Waals surface area contributed by atoms with Crippen LogP contribution in [0.3, 0.4) is 0 Å². The second-order valence-corrected chi connectivity index (χ2v) is 7.14. The SMILES string of the molecule is CCC/C=C(\C)NC(=NCc1ccncc1)C(/C=C(/CC)CCC)=C(C)C. The van der Waals surface area contributed by atoms with E-state index in [4.69, 9.17) is 4.99 Å². The number of allylic oxidation sites excluding steroid dienone is 4. The zero-order chi connectivity index (χ0) is 20.1. The molecule has 0 atom stereocenters. The highest BCUT2D eigenvalue weighted by Gasteiger charge is 2.09. The maximum absolute atomic E-state index is 4.95. The minimum absolute atomic E-state index is 0.645. The van der Waals surface area contributed by atoms with Gasteiger partial charge in [0.05, 0.1) is 6.54 Å². The van der Waals surface area contributed by atoms with Crippen LogP contribution in [0.2, 0.25) is 0 Å². The average Bonchev–Trinajstić information content (AvgIpc) is 2.67. The molecule has 27 heavy (non-hydrogen) atoms. The summed E-state index contributed by atoms with van der Waals surface area (Å²) in [5, 5.41) is 3.57. The Hall–Kier alpha value is -2.16. The summed E-state index contributed by atoms with van der Waals surface area (Å²) >= 11 is 0. The lowest BCUT2D eigenvalue weighted by molar-refractivity contribution is 0.857. The van der Waals surface area contributed by atoms with E-state index in [0.29, 0.717) is 6.54 Å². The highest BCUT2D eigenvalue weighted by Crippen LogP contribution is 2.17. The second-order valence-electron chi connectivity index (χ2n) is 7.14. The fourth-order valence-corrected chi connectivity index (χ4v) is 2.77. The van der Waals surface area contributed by atoms with Gasteiger partial charge in [0.25, 0.3) is 0 Å². The van der Waals surface area contributed by atoms with Crippen LogP contribution in [0.15, 0.2) is 64.1 Å². The van der Waals surface area contributed by atoms with E-state index in [2.05, 4.69) is 64.0 Å². The van der Waals surface area contributed by atoms with E-state index in [9.17, 15) is 0 Å². The zero-order valence-electron chi connectivity index (χ0n) is 18.1. The molecule has 0 aliphatic rings. The van der Waals surface area contributed by atoms with Gasteiger partial charge >= 0.3 is 0 Å². The van der Waals surface area contributed by atoms with Crippen LogP contribution >= 0.6 is 0 Å². The molecule has 0 bridgehead atoms. The first-order valence-corrected chi connectivity index (χ1v) is 10.3. The van der Waals surface area contributed by atoms with Crippen molar-refractivity contribution < 1.29 is 0 Å². The number of rotatable bonds is 10. The molecule has 1 aromatic heterocycles. The summed E-state index contributed by atoms with van der Waals surface area (Å²) in [5.41, 5.74) is 6.29. The third kappa shape index (κ3) is 8.85. The molecule has 0 aromatic carbocycles. The lowest BCUT2D eigenvalue weighted by Gasteiger charge is -2.15. The van der Waals surface area contributed by atoms with Gasteiger partial charge < -0.3 is 5.32 Å². The van der Waals surface area contributed by atoms with Crippen molar-refractivity contribution in [1.29, 1.82) is 0 Å². The van der Waals surface area contributed by atoms with Crippen LogP contribution in [0.4, 0.5) is 0 Å².